The van der Waals surface area contributed by atoms with Gasteiger partial charge in [-0.15, -0.1) is 0 Å². The number of aryl methyl sites for hydroxylation is 1. The lowest BCUT2D eigenvalue weighted by Gasteiger charge is -2.17. The number of ether oxygens (including phenoxy) is 1. The molecule has 0 unspecified atom stereocenters. The van der Waals surface area contributed by atoms with Crippen molar-refractivity contribution in [2.45, 2.75) is 6.92 Å². The van der Waals surface area contributed by atoms with Crippen molar-refractivity contribution in [2.24, 2.45) is 0 Å². The Morgan fingerprint density at radius 2 is 1.61 bits per heavy atom. The summed E-state index contributed by atoms with van der Waals surface area (Å²) >= 11 is 17.8. The Hall–Kier alpha value is -2.28. The van der Waals surface area contributed by atoms with Crippen molar-refractivity contribution in [3.8, 4) is 0 Å². The third-order valence-corrected chi connectivity index (χ3v) is 4.84. The maximum absolute atomic E-state index is 12.2. The first-order valence-corrected chi connectivity index (χ1v) is 9.23. The summed E-state index contributed by atoms with van der Waals surface area (Å²) in [6.07, 6.45) is 0. The van der Waals surface area contributed by atoms with Gasteiger partial charge in [-0.1, -0.05) is 52.5 Å². The molecule has 0 aliphatic rings. The fraction of sp³-hybridized carbons (Fsp3) is 0.211. The first-order chi connectivity index (χ1) is 13.2. The van der Waals surface area contributed by atoms with Crippen LogP contribution in [-0.2, 0) is 14.3 Å². The van der Waals surface area contributed by atoms with E-state index >= 15 is 0 Å². The molecule has 0 fully saturated rings. The number of nitrogens with zero attached hydrogens (tertiary/aromatic N) is 1. The molecule has 28 heavy (non-hydrogen) atoms. The quantitative estimate of drug-likeness (QED) is 0.536. The molecule has 0 spiro atoms. The van der Waals surface area contributed by atoms with Gasteiger partial charge >= 0.3 is 5.97 Å². The van der Waals surface area contributed by atoms with Gasteiger partial charge in [-0.2, -0.15) is 0 Å². The summed E-state index contributed by atoms with van der Waals surface area (Å²) in [4.78, 5) is 37.5. The Bertz CT molecular complexity index is 901. The van der Waals surface area contributed by atoms with Crippen LogP contribution in [0.4, 0.5) is 5.69 Å². The monoisotopic (exact) mass is 442 g/mol. The second kappa shape index (κ2) is 9.78. The van der Waals surface area contributed by atoms with Crippen molar-refractivity contribution >= 4 is 58.3 Å². The second-order valence-corrected chi connectivity index (χ2v) is 7.15. The molecule has 0 saturated heterocycles. The van der Waals surface area contributed by atoms with E-state index in [0.29, 0.717) is 5.69 Å². The third kappa shape index (κ3) is 5.86. The highest BCUT2D eigenvalue weighted by molar-refractivity contribution is 6.46. The van der Waals surface area contributed by atoms with Gasteiger partial charge < -0.3 is 15.0 Å². The van der Waals surface area contributed by atoms with E-state index in [1.165, 1.54) is 19.2 Å². The molecule has 0 atom stereocenters. The van der Waals surface area contributed by atoms with E-state index in [-0.39, 0.29) is 33.1 Å². The lowest BCUT2D eigenvalue weighted by Crippen LogP contribution is -2.37. The van der Waals surface area contributed by atoms with Gasteiger partial charge in [-0.3, -0.25) is 9.59 Å². The van der Waals surface area contributed by atoms with E-state index in [0.717, 1.165) is 10.5 Å². The fourth-order valence-corrected chi connectivity index (χ4v) is 2.85. The van der Waals surface area contributed by atoms with Crippen molar-refractivity contribution < 1.29 is 19.1 Å². The predicted molar refractivity (Wildman–Crippen MR) is 109 cm³/mol. The molecule has 148 valence electrons. The highest BCUT2D eigenvalue weighted by atomic mass is 35.5. The number of nitrogens with one attached hydrogen (secondary N) is 1. The number of amides is 2. The molecule has 9 heteroatoms. The van der Waals surface area contributed by atoms with Crippen molar-refractivity contribution in [3.05, 3.63) is 62.6 Å². The molecule has 0 aromatic heterocycles. The molecule has 0 aliphatic heterocycles. The van der Waals surface area contributed by atoms with Crippen molar-refractivity contribution in [3.63, 3.8) is 0 Å². The minimum atomic E-state index is -0.886. The van der Waals surface area contributed by atoms with Gasteiger partial charge in [-0.05, 0) is 31.2 Å². The number of anilines is 1. The van der Waals surface area contributed by atoms with E-state index in [1.54, 1.807) is 12.1 Å². The van der Waals surface area contributed by atoms with E-state index < -0.39 is 18.5 Å². The van der Waals surface area contributed by atoms with Gasteiger partial charge in [0.05, 0.1) is 27.2 Å². The predicted octanol–water partition coefficient (Wildman–Crippen LogP) is 4.21. The first-order valence-electron chi connectivity index (χ1n) is 8.10. The maximum atomic E-state index is 12.2. The van der Waals surface area contributed by atoms with Gasteiger partial charge in [-0.25, -0.2) is 4.79 Å². The van der Waals surface area contributed by atoms with Crippen LogP contribution in [0.25, 0.3) is 0 Å². The second-order valence-electron chi connectivity index (χ2n) is 5.96. The van der Waals surface area contributed by atoms with Gasteiger partial charge in [0.2, 0.25) is 5.91 Å². The van der Waals surface area contributed by atoms with Gasteiger partial charge in [0.25, 0.3) is 5.91 Å². The highest BCUT2D eigenvalue weighted by Gasteiger charge is 2.21. The van der Waals surface area contributed by atoms with Crippen molar-refractivity contribution in [1.82, 2.24) is 4.90 Å². The van der Waals surface area contributed by atoms with Crippen LogP contribution in [0.2, 0.25) is 15.1 Å². The molecule has 2 aromatic rings. The Kier molecular flexibility index (Phi) is 7.69. The largest absolute Gasteiger partial charge is 0.452 e. The smallest absolute Gasteiger partial charge is 0.341 e. The summed E-state index contributed by atoms with van der Waals surface area (Å²) < 4.78 is 4.95. The summed E-state index contributed by atoms with van der Waals surface area (Å²) in [6.45, 7) is 1.15. The molecule has 2 aromatic carbocycles. The number of halogens is 3. The zero-order chi connectivity index (χ0) is 20.8. The standard InChI is InChI=1S/C19H17Cl3N2O4/c1-11-3-5-12(6-4-11)23-15(25)9-24(2)16(26)10-28-19(27)17-13(20)7-8-14(21)18(17)22/h3-8H,9-10H2,1-2H3,(H,23,25). The van der Waals surface area contributed by atoms with E-state index in [9.17, 15) is 14.4 Å². The Balaban J connectivity index is 1.88. The maximum Gasteiger partial charge on any atom is 0.341 e. The molecule has 0 saturated carbocycles. The molecule has 0 radical (unpaired) electrons. The average Bonchev–Trinajstić information content (AvgIpc) is 2.64. The number of hydrogen-bond donors (Lipinski definition) is 1. The summed E-state index contributed by atoms with van der Waals surface area (Å²) in [5.74, 6) is -1.84. The van der Waals surface area contributed by atoms with Crippen LogP contribution >= 0.6 is 34.8 Å². The molecule has 1 N–H and O–H groups in total. The van der Waals surface area contributed by atoms with Gasteiger partial charge in [0, 0.05) is 12.7 Å². The Morgan fingerprint density at radius 3 is 2.25 bits per heavy atom. The lowest BCUT2D eigenvalue weighted by molar-refractivity contribution is -0.136. The minimum Gasteiger partial charge on any atom is -0.452 e. The van der Waals surface area contributed by atoms with Crippen LogP contribution in [0.5, 0.6) is 0 Å². The number of rotatable bonds is 6. The molecule has 0 aliphatic carbocycles. The van der Waals surface area contributed by atoms with Crippen molar-refractivity contribution in [2.75, 3.05) is 25.5 Å². The number of likely N-dealkylation sites (N-methyl/N-ethyl adjacent to an activating group) is 1. The SMILES string of the molecule is Cc1ccc(NC(=O)CN(C)C(=O)COC(=O)c2c(Cl)ccc(Cl)c2Cl)cc1. The normalized spacial score (nSPS) is 10.3. The number of hydrogen-bond acceptors (Lipinski definition) is 4. The van der Waals surface area contributed by atoms with Crippen LogP contribution < -0.4 is 5.32 Å². The van der Waals surface area contributed by atoms with E-state index in [4.69, 9.17) is 39.5 Å². The molecule has 6 nitrogen and oxygen atoms in total. The van der Waals surface area contributed by atoms with Crippen LogP contribution in [-0.4, -0.2) is 42.9 Å². The molecular weight excluding hydrogens is 427 g/mol. The molecule has 0 heterocycles. The van der Waals surface area contributed by atoms with Gasteiger partial charge in [0.1, 0.15) is 0 Å². The summed E-state index contributed by atoms with van der Waals surface area (Å²) in [5.41, 5.74) is 1.56. The number of benzene rings is 2. The lowest BCUT2D eigenvalue weighted by atomic mass is 10.2. The molecule has 2 amide bonds. The molecule has 2 rings (SSSR count). The van der Waals surface area contributed by atoms with Crippen LogP contribution in [0, 0.1) is 6.92 Å². The number of carbonyl (C=O) groups excluding carboxylic acids is 3. The van der Waals surface area contributed by atoms with E-state index in [1.807, 2.05) is 19.1 Å². The average molecular weight is 444 g/mol. The molecule has 0 bridgehead atoms. The number of esters is 1. The first kappa shape index (κ1) is 22.0. The minimum absolute atomic E-state index is 0.0534. The fourth-order valence-electron chi connectivity index (χ4n) is 2.16. The Morgan fingerprint density at radius 1 is 1.00 bits per heavy atom. The Labute approximate surface area is 177 Å². The molecular formula is C19H17Cl3N2O4. The van der Waals surface area contributed by atoms with Crippen molar-refractivity contribution in [1.29, 1.82) is 0 Å². The number of carbonyl (C=O) groups is 3. The summed E-state index contributed by atoms with van der Waals surface area (Å²) in [7, 11) is 1.42. The third-order valence-electron chi connectivity index (χ3n) is 3.72. The zero-order valence-electron chi connectivity index (χ0n) is 15.1. The topological polar surface area (TPSA) is 75.7 Å². The zero-order valence-corrected chi connectivity index (χ0v) is 17.4. The van der Waals surface area contributed by atoms with Gasteiger partial charge in [0.15, 0.2) is 6.61 Å². The highest BCUT2D eigenvalue weighted by Crippen LogP contribution is 2.31. The summed E-state index contributed by atoms with van der Waals surface area (Å²) in [5, 5.41) is 2.81. The van der Waals surface area contributed by atoms with E-state index in [2.05, 4.69) is 5.32 Å². The van der Waals surface area contributed by atoms with Crippen LogP contribution in [0.1, 0.15) is 15.9 Å². The van der Waals surface area contributed by atoms with Crippen LogP contribution in [0.15, 0.2) is 36.4 Å². The van der Waals surface area contributed by atoms with Crippen LogP contribution in [0.3, 0.4) is 0 Å². The summed E-state index contributed by atoms with van der Waals surface area (Å²) in [6, 6.07) is 10.1.